The Morgan fingerprint density at radius 3 is 1.65 bits per heavy atom. The summed E-state index contributed by atoms with van der Waals surface area (Å²) >= 11 is 0. The second-order valence-corrected chi connectivity index (χ2v) is 12.1. The highest BCUT2D eigenvalue weighted by Gasteiger charge is 2.44. The van der Waals surface area contributed by atoms with Gasteiger partial charge in [-0.25, -0.2) is 0 Å². The first-order valence-corrected chi connectivity index (χ1v) is 13.9. The fraction of sp³-hybridized carbons (Fsp3) is 0.200. The van der Waals surface area contributed by atoms with Crippen molar-refractivity contribution in [3.05, 3.63) is 115 Å². The van der Waals surface area contributed by atoms with E-state index < -0.39 is 7.26 Å². The first-order valence-electron chi connectivity index (χ1n) is 11.9. The van der Waals surface area contributed by atoms with Crippen LogP contribution in [0.15, 0.2) is 109 Å². The minimum absolute atomic E-state index is 0.197. The van der Waals surface area contributed by atoms with Gasteiger partial charge < -0.3 is 15.6 Å². The molecule has 0 fully saturated rings. The quantitative estimate of drug-likeness (QED) is 0.228. The van der Waals surface area contributed by atoms with Gasteiger partial charge in [-0.2, -0.15) is 0 Å². The molecule has 174 valence electrons. The average molecular weight is 471 g/mol. The number of phenols is 1. The lowest BCUT2D eigenvalue weighted by Crippen LogP contribution is -2.33. The highest BCUT2D eigenvalue weighted by Crippen LogP contribution is 2.55. The van der Waals surface area contributed by atoms with Crippen molar-refractivity contribution in [2.75, 3.05) is 12.8 Å². The van der Waals surface area contributed by atoms with Gasteiger partial charge in [-0.15, -0.1) is 0 Å². The van der Waals surface area contributed by atoms with Gasteiger partial charge in [0.2, 0.25) is 0 Å². The Morgan fingerprint density at radius 2 is 1.18 bits per heavy atom. The van der Waals surface area contributed by atoms with Crippen LogP contribution in [0.4, 0.5) is 0 Å². The zero-order valence-corrected chi connectivity index (χ0v) is 20.4. The predicted octanol–water partition coefficient (Wildman–Crippen LogP) is 5.39. The van der Waals surface area contributed by atoms with Crippen LogP contribution in [-0.2, 0) is 6.54 Å². The molecule has 3 N–H and O–H groups in total. The Balaban J connectivity index is 1.48. The third-order valence-electron chi connectivity index (χ3n) is 6.27. The number of unbranched alkanes of at least 4 members (excludes halogenated alkanes) is 2. The van der Waals surface area contributed by atoms with Crippen LogP contribution in [0.3, 0.4) is 0 Å². The number of nitrogens with two attached hydrogens (primary N) is 1. The molecule has 0 atom stereocenters. The van der Waals surface area contributed by atoms with E-state index in [2.05, 4.69) is 91.0 Å². The van der Waals surface area contributed by atoms with Gasteiger partial charge in [0.15, 0.2) is 0 Å². The number of rotatable bonds is 11. The van der Waals surface area contributed by atoms with Gasteiger partial charge in [0.05, 0.1) is 12.8 Å². The summed E-state index contributed by atoms with van der Waals surface area (Å²) in [5.74, 6) is 0.887. The monoisotopic (exact) mass is 470 g/mol. The summed E-state index contributed by atoms with van der Waals surface area (Å²) in [4.78, 5) is 0. The van der Waals surface area contributed by atoms with E-state index in [0.29, 0.717) is 18.9 Å². The minimum Gasteiger partial charge on any atom is -0.507 e. The van der Waals surface area contributed by atoms with E-state index in [1.165, 1.54) is 15.9 Å². The van der Waals surface area contributed by atoms with E-state index in [9.17, 15) is 5.11 Å². The molecule has 0 aromatic heterocycles. The van der Waals surface area contributed by atoms with Crippen molar-refractivity contribution in [2.45, 2.75) is 25.8 Å². The first kappa shape index (κ1) is 24.0. The fourth-order valence-corrected chi connectivity index (χ4v) is 8.92. The Bertz CT molecular complexity index is 1050. The number of phenolic OH excluding ortho intramolecular Hbond substituents is 1. The van der Waals surface area contributed by atoms with E-state index in [1.807, 2.05) is 12.1 Å². The van der Waals surface area contributed by atoms with Crippen LogP contribution < -0.4 is 26.4 Å². The zero-order valence-electron chi connectivity index (χ0n) is 19.5. The molecule has 0 bridgehead atoms. The number of benzene rings is 4. The molecule has 0 radical (unpaired) electrons. The van der Waals surface area contributed by atoms with Crippen LogP contribution in [-0.4, -0.2) is 17.9 Å². The maximum absolute atomic E-state index is 9.99. The molecule has 4 heteroatoms. The molecular formula is C30H33NO2P+. The van der Waals surface area contributed by atoms with Crippen molar-refractivity contribution < 1.29 is 9.84 Å². The molecule has 0 unspecified atom stereocenters. The second-order valence-electron chi connectivity index (χ2n) is 8.44. The van der Waals surface area contributed by atoms with Crippen LogP contribution >= 0.6 is 7.26 Å². The summed E-state index contributed by atoms with van der Waals surface area (Å²) in [7, 11) is -1.76. The maximum Gasteiger partial charge on any atom is 0.123 e. The molecule has 4 rings (SSSR count). The van der Waals surface area contributed by atoms with E-state index in [1.54, 1.807) is 6.07 Å². The van der Waals surface area contributed by atoms with Crippen LogP contribution in [0, 0.1) is 0 Å². The molecule has 0 aliphatic carbocycles. The van der Waals surface area contributed by atoms with Crippen molar-refractivity contribution in [3.8, 4) is 11.5 Å². The van der Waals surface area contributed by atoms with Crippen molar-refractivity contribution in [2.24, 2.45) is 5.73 Å². The normalized spacial score (nSPS) is 11.3. The Kier molecular flexibility index (Phi) is 8.36. The van der Waals surface area contributed by atoms with Gasteiger partial charge in [-0.1, -0.05) is 60.7 Å². The minimum atomic E-state index is -1.76. The van der Waals surface area contributed by atoms with E-state index >= 15 is 0 Å². The standard InChI is InChI=1S/C30H32NO2P/c31-24-25-19-20-26(23-30(25)32)33-21-11-4-12-22-34(27-13-5-1-6-14-27,28-15-7-2-8-16-28)29-17-9-3-10-18-29/h1-3,5-10,13-20,23H,4,11-12,21-22,24,31H2/p+1. The summed E-state index contributed by atoms with van der Waals surface area (Å²) < 4.78 is 5.88. The first-order chi connectivity index (χ1) is 16.7. The van der Waals surface area contributed by atoms with Crippen molar-refractivity contribution in [1.82, 2.24) is 0 Å². The van der Waals surface area contributed by atoms with E-state index in [0.717, 1.165) is 31.0 Å². The summed E-state index contributed by atoms with van der Waals surface area (Å²) in [6.45, 7) is 0.954. The predicted molar refractivity (Wildman–Crippen MR) is 145 cm³/mol. The SMILES string of the molecule is NCc1ccc(OCCCCC[P+](c2ccccc2)(c2ccccc2)c2ccccc2)cc1O. The van der Waals surface area contributed by atoms with E-state index in [-0.39, 0.29) is 5.75 Å². The number of hydrogen-bond acceptors (Lipinski definition) is 3. The number of hydrogen-bond donors (Lipinski definition) is 2. The van der Waals surface area contributed by atoms with Gasteiger partial charge in [0, 0.05) is 18.2 Å². The molecule has 0 spiro atoms. The average Bonchev–Trinajstić information content (AvgIpc) is 2.90. The number of aromatic hydroxyl groups is 1. The fourth-order valence-electron chi connectivity index (χ4n) is 4.51. The Labute approximate surface area is 203 Å². The highest BCUT2D eigenvalue weighted by atomic mass is 31.2. The van der Waals surface area contributed by atoms with Gasteiger partial charge >= 0.3 is 0 Å². The number of ether oxygens (including phenoxy) is 1. The van der Waals surface area contributed by atoms with Crippen molar-refractivity contribution >= 4 is 23.2 Å². The van der Waals surface area contributed by atoms with Crippen molar-refractivity contribution in [3.63, 3.8) is 0 Å². The van der Waals surface area contributed by atoms with Crippen LogP contribution in [0.1, 0.15) is 24.8 Å². The van der Waals surface area contributed by atoms with Gasteiger partial charge in [0.1, 0.15) is 34.7 Å². The van der Waals surface area contributed by atoms with Gasteiger partial charge in [-0.3, -0.25) is 0 Å². The molecule has 0 aliphatic rings. The Hall–Kier alpha value is -3.13. The lowest BCUT2D eigenvalue weighted by molar-refractivity contribution is 0.304. The summed E-state index contributed by atoms with van der Waals surface area (Å²) in [5.41, 5.74) is 6.35. The zero-order chi connectivity index (χ0) is 23.6. The molecule has 0 saturated carbocycles. The van der Waals surface area contributed by atoms with Gasteiger partial charge in [0.25, 0.3) is 0 Å². The molecule has 0 saturated heterocycles. The van der Waals surface area contributed by atoms with Crippen molar-refractivity contribution in [1.29, 1.82) is 0 Å². The van der Waals surface area contributed by atoms with E-state index in [4.69, 9.17) is 10.5 Å². The molecule has 0 amide bonds. The lowest BCUT2D eigenvalue weighted by atomic mass is 10.2. The highest BCUT2D eigenvalue weighted by molar-refractivity contribution is 7.95. The summed E-state index contributed by atoms with van der Waals surface area (Å²) in [6.07, 6.45) is 4.29. The van der Waals surface area contributed by atoms with Gasteiger partial charge in [-0.05, 0) is 61.7 Å². The maximum atomic E-state index is 9.99. The molecule has 4 aromatic rings. The molecule has 0 aliphatic heterocycles. The third kappa shape index (κ3) is 5.50. The second kappa shape index (κ2) is 11.8. The van der Waals surface area contributed by atoms with Crippen LogP contribution in [0.25, 0.3) is 0 Å². The third-order valence-corrected chi connectivity index (χ3v) is 10.8. The Morgan fingerprint density at radius 1 is 0.647 bits per heavy atom. The van der Waals surface area contributed by atoms with Crippen LogP contribution in [0.5, 0.6) is 11.5 Å². The molecule has 34 heavy (non-hydrogen) atoms. The van der Waals surface area contributed by atoms with Crippen LogP contribution in [0.2, 0.25) is 0 Å². The molecule has 4 aromatic carbocycles. The molecular weight excluding hydrogens is 437 g/mol. The molecule has 3 nitrogen and oxygen atoms in total. The smallest absolute Gasteiger partial charge is 0.123 e. The summed E-state index contributed by atoms with van der Waals surface area (Å²) in [6, 6.07) is 38.4. The summed E-state index contributed by atoms with van der Waals surface area (Å²) in [5, 5.41) is 14.3. The largest absolute Gasteiger partial charge is 0.507 e. The lowest BCUT2D eigenvalue weighted by Gasteiger charge is -2.27. The molecule has 0 heterocycles. The topological polar surface area (TPSA) is 55.5 Å².